The number of nitrogens with one attached hydrogen (secondary N) is 1. The van der Waals surface area contributed by atoms with Gasteiger partial charge in [-0.15, -0.1) is 13.2 Å². The molecule has 3 N–H and O–H groups in total. The van der Waals surface area contributed by atoms with Gasteiger partial charge in [0.1, 0.15) is 28.9 Å². The molecule has 0 saturated carbocycles. The van der Waals surface area contributed by atoms with E-state index in [1.54, 1.807) is 31.3 Å². The summed E-state index contributed by atoms with van der Waals surface area (Å²) in [6, 6.07) is 13.1. The van der Waals surface area contributed by atoms with E-state index in [9.17, 15) is 23.2 Å². The third-order valence-electron chi connectivity index (χ3n) is 3.93. The highest BCUT2D eigenvalue weighted by Gasteiger charge is 2.31. The first-order chi connectivity index (χ1) is 13.7. The molecule has 0 aliphatic rings. The summed E-state index contributed by atoms with van der Waals surface area (Å²) >= 11 is 0. The number of nitrogen functional groups attached to an aromatic ring is 1. The molecule has 3 aromatic rings. The molecule has 1 aromatic heterocycles. The Hall–Kier alpha value is -4.00. The molecular weight excluding hydrogens is 387 g/mol. The van der Waals surface area contributed by atoms with E-state index in [1.807, 2.05) is 6.07 Å². The van der Waals surface area contributed by atoms with Crippen LogP contribution in [0, 0.1) is 11.3 Å². The molecule has 0 saturated heterocycles. The van der Waals surface area contributed by atoms with Crippen molar-refractivity contribution in [2.75, 3.05) is 11.1 Å². The lowest BCUT2D eigenvalue weighted by atomic mass is 10.1. The van der Waals surface area contributed by atoms with Crippen LogP contribution in [0.1, 0.15) is 15.9 Å². The van der Waals surface area contributed by atoms with Gasteiger partial charge >= 0.3 is 6.36 Å². The number of ether oxygens (including phenoxy) is 1. The number of aryl methyl sites for hydroxylation is 1. The van der Waals surface area contributed by atoms with Gasteiger partial charge < -0.3 is 15.8 Å². The maximum absolute atomic E-state index is 12.5. The second-order valence-electron chi connectivity index (χ2n) is 5.96. The first-order valence-electron chi connectivity index (χ1n) is 8.18. The fourth-order valence-electron chi connectivity index (χ4n) is 2.60. The Kier molecular flexibility index (Phi) is 5.14. The van der Waals surface area contributed by atoms with Crippen LogP contribution in [0.4, 0.5) is 24.7 Å². The van der Waals surface area contributed by atoms with E-state index in [0.29, 0.717) is 16.9 Å². The average Bonchev–Trinajstić information content (AvgIpc) is 2.97. The van der Waals surface area contributed by atoms with Crippen LogP contribution in [0.15, 0.2) is 48.5 Å². The molecule has 7 nitrogen and oxygen atoms in total. The zero-order valence-corrected chi connectivity index (χ0v) is 15.0. The lowest BCUT2D eigenvalue weighted by Crippen LogP contribution is -2.18. The van der Waals surface area contributed by atoms with Crippen molar-refractivity contribution in [1.29, 1.82) is 5.26 Å². The quantitative estimate of drug-likeness (QED) is 0.649. The monoisotopic (exact) mass is 401 g/mol. The number of nitriles is 1. The Morgan fingerprint density at radius 3 is 2.34 bits per heavy atom. The molecule has 0 aliphatic carbocycles. The first-order valence-corrected chi connectivity index (χ1v) is 8.18. The maximum Gasteiger partial charge on any atom is 0.573 e. The van der Waals surface area contributed by atoms with E-state index >= 15 is 0 Å². The lowest BCUT2D eigenvalue weighted by molar-refractivity contribution is -0.274. The van der Waals surface area contributed by atoms with E-state index < -0.39 is 18.0 Å². The summed E-state index contributed by atoms with van der Waals surface area (Å²) in [7, 11) is 1.55. The van der Waals surface area contributed by atoms with Gasteiger partial charge in [0.05, 0.1) is 0 Å². The summed E-state index contributed by atoms with van der Waals surface area (Å²) in [5, 5.41) is 16.4. The van der Waals surface area contributed by atoms with Gasteiger partial charge in [0, 0.05) is 23.9 Å². The van der Waals surface area contributed by atoms with Crippen molar-refractivity contribution in [2.24, 2.45) is 7.05 Å². The summed E-state index contributed by atoms with van der Waals surface area (Å²) in [6.07, 6.45) is -4.82. The molecular formula is C19H14F3N5O2. The summed E-state index contributed by atoms with van der Waals surface area (Å²) in [4.78, 5) is 12.5. The van der Waals surface area contributed by atoms with Crippen LogP contribution in [-0.4, -0.2) is 22.1 Å². The number of carbonyl (C=O) groups excluding carboxylic acids is 1. The largest absolute Gasteiger partial charge is 0.573 e. The van der Waals surface area contributed by atoms with Crippen LogP contribution >= 0.6 is 0 Å². The highest BCUT2D eigenvalue weighted by atomic mass is 19.4. The van der Waals surface area contributed by atoms with Gasteiger partial charge in [0.2, 0.25) is 0 Å². The summed E-state index contributed by atoms with van der Waals surface area (Å²) < 4.78 is 41.8. The van der Waals surface area contributed by atoms with Gasteiger partial charge in [-0.2, -0.15) is 10.4 Å². The van der Waals surface area contributed by atoms with E-state index in [0.717, 1.165) is 12.1 Å². The van der Waals surface area contributed by atoms with E-state index in [1.165, 1.54) is 16.8 Å². The number of benzene rings is 2. The molecule has 10 heteroatoms. The number of rotatable bonds is 4. The van der Waals surface area contributed by atoms with Crippen molar-refractivity contribution < 1.29 is 22.7 Å². The summed E-state index contributed by atoms with van der Waals surface area (Å²) in [5.41, 5.74) is 7.44. The number of aromatic nitrogens is 2. The average molecular weight is 401 g/mol. The van der Waals surface area contributed by atoms with Gasteiger partial charge in [0.15, 0.2) is 0 Å². The topological polar surface area (TPSA) is 106 Å². The Morgan fingerprint density at radius 2 is 1.79 bits per heavy atom. The number of nitrogens with two attached hydrogens (primary N) is 1. The second-order valence-corrected chi connectivity index (χ2v) is 5.96. The maximum atomic E-state index is 12.5. The van der Waals surface area contributed by atoms with Crippen molar-refractivity contribution in [2.45, 2.75) is 6.36 Å². The van der Waals surface area contributed by atoms with Crippen LogP contribution in [-0.2, 0) is 7.05 Å². The predicted molar refractivity (Wildman–Crippen MR) is 98.8 cm³/mol. The molecule has 0 aliphatic heterocycles. The van der Waals surface area contributed by atoms with Crippen LogP contribution in [0.3, 0.4) is 0 Å². The Labute approximate surface area is 163 Å². The number of alkyl halides is 3. The number of hydrogen-bond acceptors (Lipinski definition) is 5. The standard InChI is InChI=1S/C19H14F3N5O2/c1-27-17(15(10-23)16(26-27)11-2-6-13(24)7-3-11)25-18(28)12-4-8-14(9-5-12)29-19(20,21)22/h2-9H,24H2,1H3,(H,25,28). The normalized spacial score (nSPS) is 11.0. The molecule has 0 fully saturated rings. The van der Waals surface area contributed by atoms with E-state index in [2.05, 4.69) is 15.2 Å². The number of hydrogen-bond donors (Lipinski definition) is 2. The molecule has 0 spiro atoms. The number of nitrogens with zero attached hydrogens (tertiary/aromatic N) is 3. The number of amides is 1. The third kappa shape index (κ3) is 4.47. The van der Waals surface area contributed by atoms with Gasteiger partial charge in [0.25, 0.3) is 5.91 Å². The minimum Gasteiger partial charge on any atom is -0.406 e. The smallest absolute Gasteiger partial charge is 0.406 e. The second kappa shape index (κ2) is 7.55. The molecule has 1 heterocycles. The van der Waals surface area contributed by atoms with Crippen LogP contribution in [0.5, 0.6) is 5.75 Å². The molecule has 148 valence electrons. The van der Waals surface area contributed by atoms with Crippen molar-refractivity contribution in [3.63, 3.8) is 0 Å². The van der Waals surface area contributed by atoms with Gasteiger partial charge in [-0.3, -0.25) is 9.48 Å². The fraction of sp³-hybridized carbons (Fsp3) is 0.105. The molecule has 3 rings (SSSR count). The summed E-state index contributed by atoms with van der Waals surface area (Å²) in [5.74, 6) is -0.912. The predicted octanol–water partition coefficient (Wildman–Crippen LogP) is 3.69. The third-order valence-corrected chi connectivity index (χ3v) is 3.93. The summed E-state index contributed by atoms with van der Waals surface area (Å²) in [6.45, 7) is 0. The van der Waals surface area contributed by atoms with E-state index in [-0.39, 0.29) is 16.9 Å². The van der Waals surface area contributed by atoms with Crippen molar-refractivity contribution >= 4 is 17.4 Å². The SMILES string of the molecule is Cn1nc(-c2ccc(N)cc2)c(C#N)c1NC(=O)c1ccc(OC(F)(F)F)cc1. The molecule has 0 atom stereocenters. The Morgan fingerprint density at radius 1 is 1.17 bits per heavy atom. The highest BCUT2D eigenvalue weighted by Crippen LogP contribution is 2.29. The van der Waals surface area contributed by atoms with Gasteiger partial charge in [-0.1, -0.05) is 12.1 Å². The highest BCUT2D eigenvalue weighted by molar-refractivity contribution is 6.05. The molecule has 0 bridgehead atoms. The lowest BCUT2D eigenvalue weighted by Gasteiger charge is -2.09. The number of halogens is 3. The molecule has 0 unspecified atom stereocenters. The van der Waals surface area contributed by atoms with Crippen molar-refractivity contribution in [1.82, 2.24) is 9.78 Å². The molecule has 0 radical (unpaired) electrons. The Bertz CT molecular complexity index is 1080. The number of anilines is 2. The minimum atomic E-state index is -4.82. The zero-order valence-electron chi connectivity index (χ0n) is 15.0. The molecule has 1 amide bonds. The zero-order chi connectivity index (χ0) is 21.2. The first kappa shape index (κ1) is 19.8. The van der Waals surface area contributed by atoms with Gasteiger partial charge in [-0.25, -0.2) is 0 Å². The van der Waals surface area contributed by atoms with Crippen LogP contribution in [0.2, 0.25) is 0 Å². The van der Waals surface area contributed by atoms with Gasteiger partial charge in [-0.05, 0) is 36.4 Å². The van der Waals surface area contributed by atoms with Crippen LogP contribution in [0.25, 0.3) is 11.3 Å². The van der Waals surface area contributed by atoms with Crippen molar-refractivity contribution in [3.8, 4) is 23.1 Å². The van der Waals surface area contributed by atoms with Crippen LogP contribution < -0.4 is 15.8 Å². The van der Waals surface area contributed by atoms with E-state index in [4.69, 9.17) is 5.73 Å². The minimum absolute atomic E-state index is 0.0821. The molecule has 2 aromatic carbocycles. The van der Waals surface area contributed by atoms with Crippen molar-refractivity contribution in [3.05, 3.63) is 59.7 Å². The fourth-order valence-corrected chi connectivity index (χ4v) is 2.60. The Balaban J connectivity index is 1.85. The number of carbonyl (C=O) groups is 1. The molecule has 29 heavy (non-hydrogen) atoms.